The fourth-order valence-corrected chi connectivity index (χ4v) is 3.28. The van der Waals surface area contributed by atoms with Gasteiger partial charge in [0.25, 0.3) is 5.91 Å². The van der Waals surface area contributed by atoms with Crippen LogP contribution in [-0.2, 0) is 6.54 Å². The molecule has 1 aliphatic heterocycles. The standard InChI is InChI=1S/C18H23ClN4O/c1-12-4-3-5-15(8-12)18(24)20-9-14-6-7-23(10-14)11-16-17(19)13(2)21-22-16/h3-5,8,14H,6-7,9-11H2,1-2H3,(H,20,24)(H,21,22)/t14-/m1/s1. The van der Waals surface area contributed by atoms with Gasteiger partial charge < -0.3 is 5.32 Å². The lowest BCUT2D eigenvalue weighted by Gasteiger charge is -2.15. The Bertz CT molecular complexity index is 728. The summed E-state index contributed by atoms with van der Waals surface area (Å²) in [5.41, 5.74) is 3.64. The predicted molar refractivity (Wildman–Crippen MR) is 95.2 cm³/mol. The molecule has 0 spiro atoms. The minimum Gasteiger partial charge on any atom is -0.352 e. The number of hydrogen-bond donors (Lipinski definition) is 2. The van der Waals surface area contributed by atoms with E-state index >= 15 is 0 Å². The van der Waals surface area contributed by atoms with E-state index in [0.717, 1.165) is 53.6 Å². The number of aromatic amines is 1. The molecule has 1 aromatic heterocycles. The van der Waals surface area contributed by atoms with Crippen LogP contribution in [-0.4, -0.2) is 40.6 Å². The van der Waals surface area contributed by atoms with Crippen molar-refractivity contribution in [3.8, 4) is 0 Å². The number of aryl methyl sites for hydroxylation is 2. The van der Waals surface area contributed by atoms with Crippen molar-refractivity contribution in [2.75, 3.05) is 19.6 Å². The van der Waals surface area contributed by atoms with Gasteiger partial charge in [-0.2, -0.15) is 5.10 Å². The maximum atomic E-state index is 12.2. The van der Waals surface area contributed by atoms with Gasteiger partial charge >= 0.3 is 0 Å². The first kappa shape index (κ1) is 17.0. The zero-order chi connectivity index (χ0) is 17.1. The molecule has 1 atom stereocenters. The highest BCUT2D eigenvalue weighted by atomic mass is 35.5. The number of halogens is 1. The number of amides is 1. The molecule has 6 heteroatoms. The minimum absolute atomic E-state index is 0.00289. The van der Waals surface area contributed by atoms with Crippen molar-refractivity contribution in [3.63, 3.8) is 0 Å². The normalized spacial score (nSPS) is 18.0. The van der Waals surface area contributed by atoms with Gasteiger partial charge in [-0.1, -0.05) is 29.3 Å². The number of rotatable bonds is 5. The number of nitrogens with zero attached hydrogens (tertiary/aromatic N) is 2. The van der Waals surface area contributed by atoms with Gasteiger partial charge in [0, 0.05) is 25.2 Å². The van der Waals surface area contributed by atoms with E-state index < -0.39 is 0 Å². The van der Waals surface area contributed by atoms with Gasteiger partial charge in [-0.25, -0.2) is 0 Å². The van der Waals surface area contributed by atoms with Crippen LogP contribution in [0.2, 0.25) is 5.02 Å². The Labute approximate surface area is 147 Å². The fraction of sp³-hybridized carbons (Fsp3) is 0.444. The van der Waals surface area contributed by atoms with E-state index in [-0.39, 0.29) is 5.91 Å². The number of carbonyl (C=O) groups is 1. The summed E-state index contributed by atoms with van der Waals surface area (Å²) < 4.78 is 0. The Hall–Kier alpha value is -1.85. The van der Waals surface area contributed by atoms with Gasteiger partial charge in [-0.15, -0.1) is 0 Å². The maximum Gasteiger partial charge on any atom is 0.251 e. The van der Waals surface area contributed by atoms with Crippen molar-refractivity contribution in [1.82, 2.24) is 20.4 Å². The van der Waals surface area contributed by atoms with Gasteiger partial charge in [0.1, 0.15) is 0 Å². The molecule has 1 saturated heterocycles. The SMILES string of the molecule is Cc1cccc(C(=O)NC[C@H]2CCN(Cc3n[nH]c(C)c3Cl)C2)c1. The quantitative estimate of drug-likeness (QED) is 0.875. The van der Waals surface area contributed by atoms with Gasteiger partial charge in [-0.3, -0.25) is 14.8 Å². The third-order valence-electron chi connectivity index (χ3n) is 4.52. The number of benzene rings is 1. The topological polar surface area (TPSA) is 61.0 Å². The molecule has 5 nitrogen and oxygen atoms in total. The summed E-state index contributed by atoms with van der Waals surface area (Å²) in [6.45, 7) is 7.34. The smallest absolute Gasteiger partial charge is 0.251 e. The average Bonchev–Trinajstić information content (AvgIpc) is 3.14. The Morgan fingerprint density at radius 1 is 1.46 bits per heavy atom. The predicted octanol–water partition coefficient (Wildman–Crippen LogP) is 2.93. The number of hydrogen-bond acceptors (Lipinski definition) is 3. The van der Waals surface area contributed by atoms with E-state index in [4.69, 9.17) is 11.6 Å². The van der Waals surface area contributed by atoms with Crippen LogP contribution in [0.4, 0.5) is 0 Å². The molecule has 128 valence electrons. The van der Waals surface area contributed by atoms with Gasteiger partial charge in [0.05, 0.1) is 16.4 Å². The summed E-state index contributed by atoms with van der Waals surface area (Å²) in [7, 11) is 0. The van der Waals surface area contributed by atoms with E-state index in [2.05, 4.69) is 20.4 Å². The lowest BCUT2D eigenvalue weighted by Crippen LogP contribution is -2.31. The summed E-state index contributed by atoms with van der Waals surface area (Å²) >= 11 is 6.23. The van der Waals surface area contributed by atoms with Crippen LogP contribution < -0.4 is 5.32 Å². The monoisotopic (exact) mass is 346 g/mol. The summed E-state index contributed by atoms with van der Waals surface area (Å²) in [6, 6.07) is 7.67. The van der Waals surface area contributed by atoms with Crippen LogP contribution in [0.1, 0.15) is 33.7 Å². The van der Waals surface area contributed by atoms with E-state index in [1.807, 2.05) is 38.1 Å². The van der Waals surface area contributed by atoms with E-state index in [9.17, 15) is 4.79 Å². The highest BCUT2D eigenvalue weighted by Gasteiger charge is 2.24. The van der Waals surface area contributed by atoms with Gasteiger partial charge in [0.2, 0.25) is 0 Å². The molecular weight excluding hydrogens is 324 g/mol. The molecule has 24 heavy (non-hydrogen) atoms. The van der Waals surface area contributed by atoms with Crippen LogP contribution in [0.5, 0.6) is 0 Å². The third kappa shape index (κ3) is 3.97. The molecule has 1 amide bonds. The van der Waals surface area contributed by atoms with Crippen LogP contribution in [0.15, 0.2) is 24.3 Å². The lowest BCUT2D eigenvalue weighted by molar-refractivity contribution is 0.0947. The van der Waals surface area contributed by atoms with Crippen molar-refractivity contribution in [3.05, 3.63) is 51.8 Å². The number of nitrogens with one attached hydrogen (secondary N) is 2. The number of aromatic nitrogens is 2. The highest BCUT2D eigenvalue weighted by Crippen LogP contribution is 2.22. The summed E-state index contributed by atoms with van der Waals surface area (Å²) in [4.78, 5) is 14.6. The summed E-state index contributed by atoms with van der Waals surface area (Å²) in [6.07, 6.45) is 1.08. The molecule has 2 heterocycles. The van der Waals surface area contributed by atoms with Crippen molar-refractivity contribution in [1.29, 1.82) is 0 Å². The van der Waals surface area contributed by atoms with Gasteiger partial charge in [-0.05, 0) is 44.9 Å². The average molecular weight is 347 g/mol. The summed E-state index contributed by atoms with van der Waals surface area (Å²) in [5.74, 6) is 0.473. The number of H-pyrrole nitrogens is 1. The van der Waals surface area contributed by atoms with Crippen LogP contribution in [0, 0.1) is 19.8 Å². The zero-order valence-corrected chi connectivity index (χ0v) is 14.9. The van der Waals surface area contributed by atoms with Crippen molar-refractivity contribution in [2.24, 2.45) is 5.92 Å². The molecule has 0 radical (unpaired) electrons. The summed E-state index contributed by atoms with van der Waals surface area (Å²) in [5, 5.41) is 11.0. The molecule has 2 N–H and O–H groups in total. The highest BCUT2D eigenvalue weighted by molar-refractivity contribution is 6.31. The van der Waals surface area contributed by atoms with Crippen molar-refractivity contribution < 1.29 is 4.79 Å². The van der Waals surface area contributed by atoms with Crippen LogP contribution in [0.3, 0.4) is 0 Å². The van der Waals surface area contributed by atoms with Crippen molar-refractivity contribution in [2.45, 2.75) is 26.8 Å². The van der Waals surface area contributed by atoms with Gasteiger partial charge in [0.15, 0.2) is 0 Å². The molecule has 3 rings (SSSR count). The molecule has 1 aromatic carbocycles. The minimum atomic E-state index is 0.00289. The third-order valence-corrected chi connectivity index (χ3v) is 5.02. The Morgan fingerprint density at radius 3 is 3.00 bits per heavy atom. The maximum absolute atomic E-state index is 12.2. The van der Waals surface area contributed by atoms with E-state index in [0.29, 0.717) is 12.5 Å². The Kier molecular flexibility index (Phi) is 5.21. The molecule has 1 aliphatic rings. The molecular formula is C18H23ClN4O. The largest absolute Gasteiger partial charge is 0.352 e. The molecule has 0 bridgehead atoms. The number of carbonyl (C=O) groups excluding carboxylic acids is 1. The van der Waals surface area contributed by atoms with E-state index in [1.54, 1.807) is 0 Å². The molecule has 0 unspecified atom stereocenters. The molecule has 0 saturated carbocycles. The van der Waals surface area contributed by atoms with E-state index in [1.165, 1.54) is 0 Å². The first-order chi connectivity index (χ1) is 11.5. The Balaban J connectivity index is 1.48. The first-order valence-corrected chi connectivity index (χ1v) is 8.67. The Morgan fingerprint density at radius 2 is 2.29 bits per heavy atom. The molecule has 2 aromatic rings. The molecule has 1 fully saturated rings. The van der Waals surface area contributed by atoms with Crippen LogP contribution in [0.25, 0.3) is 0 Å². The zero-order valence-electron chi connectivity index (χ0n) is 14.1. The second-order valence-electron chi connectivity index (χ2n) is 6.58. The lowest BCUT2D eigenvalue weighted by atomic mass is 10.1. The van der Waals surface area contributed by atoms with Crippen LogP contribution >= 0.6 is 11.6 Å². The second kappa shape index (κ2) is 7.36. The fourth-order valence-electron chi connectivity index (χ4n) is 3.13. The number of likely N-dealkylation sites (tertiary alicyclic amines) is 1. The molecule has 0 aliphatic carbocycles. The second-order valence-corrected chi connectivity index (χ2v) is 6.96. The first-order valence-electron chi connectivity index (χ1n) is 8.29. The van der Waals surface area contributed by atoms with Crippen molar-refractivity contribution >= 4 is 17.5 Å².